The third kappa shape index (κ3) is 3.38. The van der Waals surface area contributed by atoms with E-state index in [1.165, 1.54) is 6.92 Å². The predicted octanol–water partition coefficient (Wildman–Crippen LogP) is 2.70. The smallest absolute Gasteiger partial charge is 0.269 e. The van der Waals surface area contributed by atoms with Crippen LogP contribution in [0.5, 0.6) is 0 Å². The molecule has 1 rings (SSSR count). The predicted molar refractivity (Wildman–Crippen MR) is 63.2 cm³/mol. The van der Waals surface area contributed by atoms with Crippen LogP contribution in [0.15, 0.2) is 30.3 Å². The maximum atomic E-state index is 11.2. The highest BCUT2D eigenvalue weighted by atomic mass is 16.1. The fourth-order valence-corrected chi connectivity index (χ4v) is 1.09. The summed E-state index contributed by atoms with van der Waals surface area (Å²) >= 11 is 0. The van der Waals surface area contributed by atoms with E-state index >= 15 is 0 Å². The zero-order valence-corrected chi connectivity index (χ0v) is 8.87. The number of hydrogen-bond acceptors (Lipinski definition) is 2. The quantitative estimate of drug-likeness (QED) is 0.727. The molecule has 0 aliphatic heterocycles. The zero-order chi connectivity index (χ0) is 11.3. The lowest BCUT2D eigenvalue weighted by Gasteiger charge is -2.03. The molecule has 2 N–H and O–H groups in total. The number of nitrogens with one attached hydrogen (secondary N) is 2. The Morgan fingerprint density at radius 3 is 2.40 bits per heavy atom. The first-order valence-electron chi connectivity index (χ1n) is 4.72. The highest BCUT2D eigenvalue weighted by molar-refractivity contribution is 6.40. The van der Waals surface area contributed by atoms with Crippen LogP contribution in [-0.4, -0.2) is 11.6 Å². The number of allylic oxidation sites excluding steroid dienone is 1. The van der Waals surface area contributed by atoms with Gasteiger partial charge in [0.1, 0.15) is 0 Å². The summed E-state index contributed by atoms with van der Waals surface area (Å²) in [5, 5.41) is 9.76. The van der Waals surface area contributed by atoms with Gasteiger partial charge < -0.3 is 5.32 Å². The molecule has 1 amide bonds. The Hall–Kier alpha value is -1.90. The Labute approximate surface area is 89.3 Å². The van der Waals surface area contributed by atoms with Gasteiger partial charge in [0, 0.05) is 5.69 Å². The van der Waals surface area contributed by atoms with E-state index in [1.807, 2.05) is 43.3 Å². The van der Waals surface area contributed by atoms with Crippen LogP contribution in [0, 0.1) is 5.41 Å². The third-order valence-corrected chi connectivity index (χ3v) is 1.87. The van der Waals surface area contributed by atoms with Crippen LogP contribution in [0.3, 0.4) is 0 Å². The van der Waals surface area contributed by atoms with E-state index < -0.39 is 0 Å². The molecular formula is C12H14N2O. The Kier molecular flexibility index (Phi) is 3.80. The molecule has 0 saturated heterocycles. The Morgan fingerprint density at radius 2 is 1.93 bits per heavy atom. The standard InChI is InChI=1S/C12H14N2O/c1-3-4-10-5-7-11(8-6-10)14-12(15)9(2)13/h3-8,13H,1-2H3,(H,14,15)/b4-3+,13-9?. The SMILES string of the molecule is C/C=C/c1ccc(NC(=O)C(C)=N)cc1. The van der Waals surface area contributed by atoms with E-state index in [0.29, 0.717) is 5.69 Å². The van der Waals surface area contributed by atoms with E-state index in [1.54, 1.807) is 0 Å². The minimum atomic E-state index is -0.367. The van der Waals surface area contributed by atoms with Crippen molar-refractivity contribution >= 4 is 23.4 Å². The number of hydrogen-bond donors (Lipinski definition) is 2. The first-order valence-corrected chi connectivity index (χ1v) is 4.72. The summed E-state index contributed by atoms with van der Waals surface area (Å²) in [6.07, 6.45) is 3.93. The molecule has 0 unspecified atom stereocenters. The van der Waals surface area contributed by atoms with Crippen LogP contribution in [-0.2, 0) is 4.79 Å². The van der Waals surface area contributed by atoms with Gasteiger partial charge in [-0.3, -0.25) is 10.2 Å². The second kappa shape index (κ2) is 5.10. The monoisotopic (exact) mass is 202 g/mol. The first kappa shape index (κ1) is 11.2. The highest BCUT2D eigenvalue weighted by Gasteiger charge is 2.02. The number of rotatable bonds is 3. The molecule has 0 saturated carbocycles. The molecule has 0 aromatic heterocycles. The number of amides is 1. The van der Waals surface area contributed by atoms with Crippen molar-refractivity contribution in [1.82, 2.24) is 0 Å². The first-order chi connectivity index (χ1) is 7.13. The van der Waals surface area contributed by atoms with Crippen molar-refractivity contribution in [2.24, 2.45) is 0 Å². The van der Waals surface area contributed by atoms with Crippen molar-refractivity contribution < 1.29 is 4.79 Å². The van der Waals surface area contributed by atoms with Crippen LogP contribution in [0.1, 0.15) is 19.4 Å². The van der Waals surface area contributed by atoms with E-state index in [9.17, 15) is 4.79 Å². The van der Waals surface area contributed by atoms with Gasteiger partial charge in [-0.2, -0.15) is 0 Å². The summed E-state index contributed by atoms with van der Waals surface area (Å²) < 4.78 is 0. The molecule has 78 valence electrons. The van der Waals surface area contributed by atoms with Gasteiger partial charge in [0.15, 0.2) is 0 Å². The molecule has 0 heterocycles. The van der Waals surface area contributed by atoms with Crippen molar-refractivity contribution in [2.75, 3.05) is 5.32 Å². The van der Waals surface area contributed by atoms with Gasteiger partial charge in [-0.1, -0.05) is 24.3 Å². The summed E-state index contributed by atoms with van der Waals surface area (Å²) in [5.74, 6) is -0.367. The number of carbonyl (C=O) groups is 1. The Bertz CT molecular complexity index is 391. The van der Waals surface area contributed by atoms with E-state index in [0.717, 1.165) is 5.56 Å². The second-order valence-electron chi connectivity index (χ2n) is 3.20. The van der Waals surface area contributed by atoms with Crippen molar-refractivity contribution in [3.05, 3.63) is 35.9 Å². The van der Waals surface area contributed by atoms with Gasteiger partial charge >= 0.3 is 0 Å². The summed E-state index contributed by atoms with van der Waals surface area (Å²) in [7, 11) is 0. The molecule has 0 aliphatic rings. The summed E-state index contributed by atoms with van der Waals surface area (Å²) in [6.45, 7) is 3.41. The van der Waals surface area contributed by atoms with Crippen LogP contribution in [0.4, 0.5) is 5.69 Å². The van der Waals surface area contributed by atoms with Crippen LogP contribution < -0.4 is 5.32 Å². The molecule has 1 aromatic rings. The molecule has 3 heteroatoms. The van der Waals surface area contributed by atoms with Gasteiger partial charge in [0.05, 0.1) is 5.71 Å². The van der Waals surface area contributed by atoms with Crippen molar-refractivity contribution in [2.45, 2.75) is 13.8 Å². The van der Waals surface area contributed by atoms with Crippen LogP contribution >= 0.6 is 0 Å². The van der Waals surface area contributed by atoms with Gasteiger partial charge in [-0.15, -0.1) is 0 Å². The minimum Gasteiger partial charge on any atom is -0.321 e. The van der Waals surface area contributed by atoms with Gasteiger partial charge in [-0.05, 0) is 31.5 Å². The van der Waals surface area contributed by atoms with Crippen molar-refractivity contribution in [3.8, 4) is 0 Å². The summed E-state index contributed by atoms with van der Waals surface area (Å²) in [4.78, 5) is 11.2. The molecule has 0 bridgehead atoms. The highest BCUT2D eigenvalue weighted by Crippen LogP contribution is 2.10. The number of benzene rings is 1. The summed E-state index contributed by atoms with van der Waals surface area (Å²) in [6, 6.07) is 7.45. The van der Waals surface area contributed by atoms with E-state index in [2.05, 4.69) is 5.32 Å². The van der Waals surface area contributed by atoms with Gasteiger partial charge in [0.25, 0.3) is 5.91 Å². The largest absolute Gasteiger partial charge is 0.321 e. The summed E-state index contributed by atoms with van der Waals surface area (Å²) in [5.41, 5.74) is 1.80. The molecule has 0 radical (unpaired) electrons. The number of anilines is 1. The zero-order valence-electron chi connectivity index (χ0n) is 8.87. The molecule has 1 aromatic carbocycles. The van der Waals surface area contributed by atoms with Gasteiger partial charge in [-0.25, -0.2) is 0 Å². The average Bonchev–Trinajstić information content (AvgIpc) is 2.21. The topological polar surface area (TPSA) is 53.0 Å². The molecule has 0 atom stereocenters. The van der Waals surface area contributed by atoms with Gasteiger partial charge in [0.2, 0.25) is 0 Å². The van der Waals surface area contributed by atoms with Crippen LogP contribution in [0.2, 0.25) is 0 Å². The molecular weight excluding hydrogens is 188 g/mol. The van der Waals surface area contributed by atoms with E-state index in [4.69, 9.17) is 5.41 Å². The fraction of sp³-hybridized carbons (Fsp3) is 0.167. The minimum absolute atomic E-state index is 0.00697. The molecule has 0 aliphatic carbocycles. The lowest BCUT2D eigenvalue weighted by Crippen LogP contribution is -2.18. The second-order valence-corrected chi connectivity index (χ2v) is 3.20. The third-order valence-electron chi connectivity index (χ3n) is 1.87. The molecule has 15 heavy (non-hydrogen) atoms. The lowest BCUT2D eigenvalue weighted by molar-refractivity contribution is -0.110. The van der Waals surface area contributed by atoms with Crippen molar-refractivity contribution in [1.29, 1.82) is 5.41 Å². The van der Waals surface area contributed by atoms with E-state index in [-0.39, 0.29) is 11.6 Å². The maximum Gasteiger partial charge on any atom is 0.269 e. The normalized spacial score (nSPS) is 10.3. The number of carbonyl (C=O) groups excluding carboxylic acids is 1. The fourth-order valence-electron chi connectivity index (χ4n) is 1.09. The Balaban J connectivity index is 2.72. The molecule has 3 nitrogen and oxygen atoms in total. The Morgan fingerprint density at radius 1 is 1.33 bits per heavy atom. The molecule has 0 fully saturated rings. The van der Waals surface area contributed by atoms with Crippen LogP contribution in [0.25, 0.3) is 6.08 Å². The molecule has 0 spiro atoms. The average molecular weight is 202 g/mol. The van der Waals surface area contributed by atoms with Crippen molar-refractivity contribution in [3.63, 3.8) is 0 Å². The lowest BCUT2D eigenvalue weighted by atomic mass is 10.2. The maximum absolute atomic E-state index is 11.2.